The molecule has 3 nitrogen and oxygen atoms in total. The molecule has 1 unspecified atom stereocenters. The minimum atomic E-state index is -0.899. The van der Waals surface area contributed by atoms with Crippen LogP contribution in [0.1, 0.15) is 37.3 Å². The van der Waals surface area contributed by atoms with Crippen LogP contribution in [-0.2, 0) is 11.3 Å². The Hall–Kier alpha value is -1.61. The number of piperidine rings is 1. The van der Waals surface area contributed by atoms with Crippen LogP contribution in [0.5, 0.6) is 0 Å². The van der Waals surface area contributed by atoms with Gasteiger partial charge in [-0.2, -0.15) is 0 Å². The van der Waals surface area contributed by atoms with Crippen molar-refractivity contribution in [3.63, 3.8) is 0 Å². The predicted molar refractivity (Wildman–Crippen MR) is 81.4 cm³/mol. The first-order chi connectivity index (χ1) is 9.69. The first-order valence-electron chi connectivity index (χ1n) is 7.40. The second-order valence-electron chi connectivity index (χ2n) is 5.52. The Morgan fingerprint density at radius 3 is 3.00 bits per heavy atom. The lowest BCUT2D eigenvalue weighted by atomic mass is 9.95. The molecule has 3 heteroatoms. The van der Waals surface area contributed by atoms with Crippen LogP contribution < -0.4 is 0 Å². The van der Waals surface area contributed by atoms with E-state index < -0.39 is 5.97 Å². The Kier molecular flexibility index (Phi) is 5.36. The third kappa shape index (κ3) is 4.20. The molecule has 1 saturated heterocycles. The smallest absolute Gasteiger partial charge is 0.328 e. The van der Waals surface area contributed by atoms with E-state index in [-0.39, 0.29) is 0 Å². The van der Waals surface area contributed by atoms with Gasteiger partial charge in [0.15, 0.2) is 0 Å². The van der Waals surface area contributed by atoms with Crippen molar-refractivity contribution in [2.45, 2.75) is 32.7 Å². The van der Waals surface area contributed by atoms with E-state index in [2.05, 4.69) is 17.9 Å². The van der Waals surface area contributed by atoms with Crippen LogP contribution in [-0.4, -0.2) is 29.1 Å². The second kappa shape index (κ2) is 7.25. The number of nitrogens with zero attached hydrogens (tertiary/aromatic N) is 1. The first kappa shape index (κ1) is 14.8. The van der Waals surface area contributed by atoms with E-state index in [1.807, 2.05) is 18.2 Å². The van der Waals surface area contributed by atoms with Gasteiger partial charge >= 0.3 is 5.97 Å². The van der Waals surface area contributed by atoms with Crippen molar-refractivity contribution in [3.8, 4) is 0 Å². The number of hydrogen-bond acceptors (Lipinski definition) is 2. The molecule has 1 aromatic carbocycles. The third-order valence-electron chi connectivity index (χ3n) is 4.03. The Bertz CT molecular complexity index is 482. The average molecular weight is 273 g/mol. The quantitative estimate of drug-likeness (QED) is 0.836. The molecule has 1 aliphatic rings. The number of rotatable bonds is 5. The Labute approximate surface area is 120 Å². The molecule has 0 amide bonds. The molecule has 0 saturated carbocycles. The van der Waals surface area contributed by atoms with Crippen molar-refractivity contribution in [1.29, 1.82) is 0 Å². The van der Waals surface area contributed by atoms with Crippen LogP contribution in [0.3, 0.4) is 0 Å². The van der Waals surface area contributed by atoms with Crippen molar-refractivity contribution in [1.82, 2.24) is 4.90 Å². The van der Waals surface area contributed by atoms with E-state index in [4.69, 9.17) is 5.11 Å². The molecule has 0 aromatic heterocycles. The van der Waals surface area contributed by atoms with Crippen molar-refractivity contribution in [2.75, 3.05) is 13.1 Å². The zero-order chi connectivity index (χ0) is 14.4. The molecule has 1 aromatic rings. The van der Waals surface area contributed by atoms with Crippen molar-refractivity contribution < 1.29 is 9.90 Å². The fraction of sp³-hybridized carbons (Fsp3) is 0.471. The number of carboxylic acid groups (broad SMARTS) is 1. The normalized spacial score (nSPS) is 20.4. The van der Waals surface area contributed by atoms with Crippen LogP contribution in [0, 0.1) is 5.92 Å². The highest BCUT2D eigenvalue weighted by atomic mass is 16.4. The Morgan fingerprint density at radius 1 is 1.45 bits per heavy atom. The number of hydrogen-bond donors (Lipinski definition) is 1. The summed E-state index contributed by atoms with van der Waals surface area (Å²) in [5, 5.41) is 8.76. The van der Waals surface area contributed by atoms with Crippen molar-refractivity contribution >= 4 is 12.0 Å². The minimum Gasteiger partial charge on any atom is -0.478 e. The summed E-state index contributed by atoms with van der Waals surface area (Å²) in [6, 6.07) is 8.05. The van der Waals surface area contributed by atoms with Crippen molar-refractivity contribution in [2.24, 2.45) is 5.92 Å². The van der Waals surface area contributed by atoms with Crippen LogP contribution in [0.2, 0.25) is 0 Å². The SMILES string of the molecule is CCC1CCCN(Cc2ccccc2C=CC(=O)O)C1. The highest BCUT2D eigenvalue weighted by Crippen LogP contribution is 2.22. The number of carbonyl (C=O) groups is 1. The molecule has 0 bridgehead atoms. The fourth-order valence-electron chi connectivity index (χ4n) is 2.87. The second-order valence-corrected chi connectivity index (χ2v) is 5.52. The fourth-order valence-corrected chi connectivity index (χ4v) is 2.87. The van der Waals surface area contributed by atoms with E-state index in [1.54, 1.807) is 6.08 Å². The highest BCUT2D eigenvalue weighted by molar-refractivity contribution is 5.85. The van der Waals surface area contributed by atoms with Gasteiger partial charge in [-0.25, -0.2) is 4.79 Å². The Balaban J connectivity index is 2.07. The number of likely N-dealkylation sites (tertiary alicyclic amines) is 1. The Morgan fingerprint density at radius 2 is 2.25 bits per heavy atom. The van der Waals surface area contributed by atoms with Gasteiger partial charge in [-0.3, -0.25) is 4.90 Å². The molecule has 1 fully saturated rings. The van der Waals surface area contributed by atoms with E-state index >= 15 is 0 Å². The molecule has 2 rings (SSSR count). The van der Waals surface area contributed by atoms with Crippen molar-refractivity contribution in [3.05, 3.63) is 41.5 Å². The van der Waals surface area contributed by atoms with Gasteiger partial charge in [0.05, 0.1) is 0 Å². The van der Waals surface area contributed by atoms with Gasteiger partial charge in [0, 0.05) is 19.2 Å². The predicted octanol–water partition coefficient (Wildman–Crippen LogP) is 3.41. The average Bonchev–Trinajstić information content (AvgIpc) is 2.46. The summed E-state index contributed by atoms with van der Waals surface area (Å²) in [5.41, 5.74) is 2.22. The van der Waals surface area contributed by atoms with Gasteiger partial charge in [-0.15, -0.1) is 0 Å². The van der Waals surface area contributed by atoms with Crippen LogP contribution in [0.4, 0.5) is 0 Å². The highest BCUT2D eigenvalue weighted by Gasteiger charge is 2.18. The van der Waals surface area contributed by atoms with Crippen LogP contribution >= 0.6 is 0 Å². The van der Waals surface area contributed by atoms with E-state index in [0.717, 1.165) is 31.1 Å². The number of benzene rings is 1. The molecule has 0 radical (unpaired) electrons. The van der Waals surface area contributed by atoms with Gasteiger partial charge in [-0.05, 0) is 42.5 Å². The molecule has 0 spiro atoms. The summed E-state index contributed by atoms with van der Waals surface area (Å²) >= 11 is 0. The summed E-state index contributed by atoms with van der Waals surface area (Å²) in [7, 11) is 0. The maximum absolute atomic E-state index is 10.7. The lowest BCUT2D eigenvalue weighted by Crippen LogP contribution is -2.34. The van der Waals surface area contributed by atoms with Gasteiger partial charge in [0.25, 0.3) is 0 Å². The molecule has 20 heavy (non-hydrogen) atoms. The van der Waals surface area contributed by atoms with Crippen LogP contribution in [0.25, 0.3) is 6.08 Å². The maximum Gasteiger partial charge on any atom is 0.328 e. The zero-order valence-electron chi connectivity index (χ0n) is 12.1. The molecular weight excluding hydrogens is 250 g/mol. The standard InChI is InChI=1S/C17H23NO2/c1-2-14-6-5-11-18(12-14)13-16-8-4-3-7-15(16)9-10-17(19)20/h3-4,7-10,14H,2,5-6,11-13H2,1H3,(H,19,20). The third-order valence-corrected chi connectivity index (χ3v) is 4.03. The van der Waals surface area contributed by atoms with E-state index in [0.29, 0.717) is 0 Å². The van der Waals surface area contributed by atoms with E-state index in [1.165, 1.54) is 30.9 Å². The number of aliphatic carboxylic acids is 1. The lowest BCUT2D eigenvalue weighted by molar-refractivity contribution is -0.131. The summed E-state index contributed by atoms with van der Waals surface area (Å²) in [6.07, 6.45) is 6.76. The minimum absolute atomic E-state index is 0.811. The molecular formula is C17H23NO2. The summed E-state index contributed by atoms with van der Waals surface area (Å²) in [4.78, 5) is 13.1. The lowest BCUT2D eigenvalue weighted by Gasteiger charge is -2.32. The van der Waals surface area contributed by atoms with Gasteiger partial charge in [-0.1, -0.05) is 37.6 Å². The molecule has 1 heterocycles. The van der Waals surface area contributed by atoms with Gasteiger partial charge in [0.2, 0.25) is 0 Å². The summed E-state index contributed by atoms with van der Waals surface area (Å²) in [5.74, 6) is -0.0886. The molecule has 1 aliphatic heterocycles. The largest absolute Gasteiger partial charge is 0.478 e. The van der Waals surface area contributed by atoms with Crippen LogP contribution in [0.15, 0.2) is 30.3 Å². The topological polar surface area (TPSA) is 40.5 Å². The van der Waals surface area contributed by atoms with E-state index in [9.17, 15) is 4.79 Å². The first-order valence-corrected chi connectivity index (χ1v) is 7.40. The monoisotopic (exact) mass is 273 g/mol. The molecule has 0 aliphatic carbocycles. The van der Waals surface area contributed by atoms with Gasteiger partial charge < -0.3 is 5.11 Å². The molecule has 108 valence electrons. The molecule has 1 N–H and O–H groups in total. The zero-order valence-corrected chi connectivity index (χ0v) is 12.1. The molecule has 1 atom stereocenters. The summed E-state index contributed by atoms with van der Waals surface area (Å²) in [6.45, 7) is 5.48. The maximum atomic E-state index is 10.7. The number of carboxylic acids is 1. The summed E-state index contributed by atoms with van der Waals surface area (Å²) < 4.78 is 0. The van der Waals surface area contributed by atoms with Gasteiger partial charge in [0.1, 0.15) is 0 Å².